The summed E-state index contributed by atoms with van der Waals surface area (Å²) in [6, 6.07) is 0. The van der Waals surface area contributed by atoms with Gasteiger partial charge in [-0.05, 0) is 12.8 Å². The molecule has 0 aromatic carbocycles. The van der Waals surface area contributed by atoms with Gasteiger partial charge in [0, 0.05) is 11.8 Å². The number of aryl methyl sites for hydroxylation is 1. The van der Waals surface area contributed by atoms with Crippen LogP contribution in [0.1, 0.15) is 44.4 Å². The van der Waals surface area contributed by atoms with E-state index in [1.165, 1.54) is 6.20 Å². The predicted octanol–water partition coefficient (Wildman–Crippen LogP) is -0.323. The first kappa shape index (κ1) is 22.0. The van der Waals surface area contributed by atoms with Crippen molar-refractivity contribution < 1.29 is 33.8 Å². The fourth-order valence-electron chi connectivity index (χ4n) is 2.91. The van der Waals surface area contributed by atoms with Crippen LogP contribution in [0, 0.1) is 0 Å². The number of hydrogen-bond acceptors (Lipinski definition) is 8. The molecule has 154 valence electrons. The standard InChI is InChI=1S/C15H26N3O8P/c1-2-3-4-5-6-9-7-18(15(21)17-13(9)16)14-12(20)11(19)10(26-14)8-25-27(22,23)24/h7,10-12,14,19-20H,2-6,8H2,1H3,(H2,16,17,21)(H2,22,23,24)/t10-,11+,12-,14-/m1/s1. The van der Waals surface area contributed by atoms with Crippen LogP contribution in [0.25, 0.3) is 0 Å². The van der Waals surface area contributed by atoms with E-state index in [-0.39, 0.29) is 5.82 Å². The van der Waals surface area contributed by atoms with Crippen LogP contribution in [-0.4, -0.2) is 54.5 Å². The lowest BCUT2D eigenvalue weighted by Crippen LogP contribution is -2.36. The highest BCUT2D eigenvalue weighted by molar-refractivity contribution is 7.46. The molecule has 12 heteroatoms. The first-order valence-corrected chi connectivity index (χ1v) is 10.3. The number of aliphatic hydroxyl groups is 2. The van der Waals surface area contributed by atoms with Crippen molar-refractivity contribution in [3.63, 3.8) is 0 Å². The third-order valence-electron chi connectivity index (χ3n) is 4.38. The average Bonchev–Trinajstić information content (AvgIpc) is 2.86. The number of nitrogens with two attached hydrogens (primary N) is 1. The Balaban J connectivity index is 2.16. The van der Waals surface area contributed by atoms with Crippen LogP contribution in [0.15, 0.2) is 11.0 Å². The van der Waals surface area contributed by atoms with E-state index >= 15 is 0 Å². The molecule has 1 aliphatic heterocycles. The van der Waals surface area contributed by atoms with E-state index in [2.05, 4.69) is 16.4 Å². The van der Waals surface area contributed by atoms with Crippen molar-refractivity contribution in [3.8, 4) is 0 Å². The second kappa shape index (κ2) is 9.24. The normalized spacial score (nSPS) is 25.8. The zero-order valence-corrected chi connectivity index (χ0v) is 15.9. The number of anilines is 1. The molecule has 0 unspecified atom stereocenters. The molecule has 0 bridgehead atoms. The summed E-state index contributed by atoms with van der Waals surface area (Å²) in [5.74, 6) is 0.0992. The molecule has 1 fully saturated rings. The van der Waals surface area contributed by atoms with Crippen LogP contribution in [0.4, 0.5) is 5.82 Å². The van der Waals surface area contributed by atoms with Crippen LogP contribution in [-0.2, 0) is 20.2 Å². The number of aromatic nitrogens is 2. The first-order valence-electron chi connectivity index (χ1n) is 8.73. The lowest BCUT2D eigenvalue weighted by atomic mass is 10.1. The lowest BCUT2D eigenvalue weighted by Gasteiger charge is -2.18. The Kier molecular flexibility index (Phi) is 7.52. The summed E-state index contributed by atoms with van der Waals surface area (Å²) in [6.07, 6.45) is 0.515. The minimum absolute atomic E-state index is 0.0992. The van der Waals surface area contributed by atoms with Crippen molar-refractivity contribution in [1.29, 1.82) is 0 Å². The summed E-state index contributed by atoms with van der Waals surface area (Å²) in [7, 11) is -4.77. The van der Waals surface area contributed by atoms with E-state index in [1.54, 1.807) is 0 Å². The van der Waals surface area contributed by atoms with Crippen LogP contribution < -0.4 is 11.4 Å². The number of hydrogen-bond donors (Lipinski definition) is 5. The number of nitrogen functional groups attached to an aromatic ring is 1. The van der Waals surface area contributed by atoms with E-state index in [0.717, 1.165) is 30.3 Å². The van der Waals surface area contributed by atoms with E-state index in [0.29, 0.717) is 12.0 Å². The van der Waals surface area contributed by atoms with Gasteiger partial charge in [-0.3, -0.25) is 9.09 Å². The summed E-state index contributed by atoms with van der Waals surface area (Å²) in [5.41, 5.74) is 5.66. The Hall–Kier alpha value is -1.33. The van der Waals surface area contributed by atoms with Gasteiger partial charge in [0.15, 0.2) is 6.23 Å². The lowest BCUT2D eigenvalue weighted by molar-refractivity contribution is -0.0543. The molecule has 1 aromatic rings. The van der Waals surface area contributed by atoms with Crippen molar-refractivity contribution in [1.82, 2.24) is 9.55 Å². The molecule has 4 atom stereocenters. The summed E-state index contributed by atoms with van der Waals surface area (Å²) in [5, 5.41) is 20.2. The van der Waals surface area contributed by atoms with Gasteiger partial charge < -0.3 is 30.5 Å². The molecule has 1 aliphatic rings. The fraction of sp³-hybridized carbons (Fsp3) is 0.733. The van der Waals surface area contributed by atoms with Gasteiger partial charge in [0.25, 0.3) is 0 Å². The van der Waals surface area contributed by atoms with E-state index in [1.807, 2.05) is 0 Å². The SMILES string of the molecule is CCCCCCc1cn([C@@H]2O[C@H](COP(=O)(O)O)[C@H](O)[C@H]2O)c(=O)nc1N. The monoisotopic (exact) mass is 407 g/mol. The average molecular weight is 407 g/mol. The second-order valence-electron chi connectivity index (χ2n) is 6.48. The molecule has 2 rings (SSSR count). The Morgan fingerprint density at radius 3 is 2.63 bits per heavy atom. The number of aliphatic hydroxyl groups excluding tert-OH is 2. The van der Waals surface area contributed by atoms with Crippen molar-refractivity contribution in [2.75, 3.05) is 12.3 Å². The summed E-state index contributed by atoms with van der Waals surface area (Å²) in [4.78, 5) is 33.4. The first-order chi connectivity index (χ1) is 12.6. The minimum Gasteiger partial charge on any atom is -0.387 e. The molecule has 0 spiro atoms. The zero-order valence-electron chi connectivity index (χ0n) is 15.0. The van der Waals surface area contributed by atoms with Gasteiger partial charge in [-0.1, -0.05) is 26.2 Å². The Morgan fingerprint density at radius 2 is 2.00 bits per heavy atom. The molecule has 0 radical (unpaired) electrons. The second-order valence-corrected chi connectivity index (χ2v) is 7.72. The number of phosphoric ester groups is 1. The quantitative estimate of drug-likeness (QED) is 0.269. The molecule has 1 aromatic heterocycles. The summed E-state index contributed by atoms with van der Waals surface area (Å²) < 4.78 is 21.5. The Bertz CT molecular complexity index is 736. The highest BCUT2D eigenvalue weighted by atomic mass is 31.2. The maximum atomic E-state index is 12.2. The molecule has 6 N–H and O–H groups in total. The predicted molar refractivity (Wildman–Crippen MR) is 94.7 cm³/mol. The zero-order chi connectivity index (χ0) is 20.2. The molecule has 0 saturated carbocycles. The summed E-state index contributed by atoms with van der Waals surface area (Å²) in [6.45, 7) is 1.44. The number of nitrogens with zero attached hydrogens (tertiary/aromatic N) is 2. The minimum atomic E-state index is -4.77. The van der Waals surface area contributed by atoms with E-state index < -0.39 is 44.7 Å². The number of rotatable bonds is 9. The van der Waals surface area contributed by atoms with Gasteiger partial charge in [0.2, 0.25) is 0 Å². The fourth-order valence-corrected chi connectivity index (χ4v) is 3.25. The van der Waals surface area contributed by atoms with Crippen LogP contribution in [0.5, 0.6) is 0 Å². The number of phosphoric acid groups is 1. The van der Waals surface area contributed by atoms with Gasteiger partial charge in [-0.25, -0.2) is 9.36 Å². The van der Waals surface area contributed by atoms with Crippen molar-refractivity contribution in [2.45, 2.75) is 63.6 Å². The van der Waals surface area contributed by atoms with Crippen LogP contribution in [0.2, 0.25) is 0 Å². The molecule has 27 heavy (non-hydrogen) atoms. The van der Waals surface area contributed by atoms with Gasteiger partial charge in [-0.15, -0.1) is 0 Å². The largest absolute Gasteiger partial charge is 0.469 e. The smallest absolute Gasteiger partial charge is 0.387 e. The van der Waals surface area contributed by atoms with E-state index in [4.69, 9.17) is 20.3 Å². The maximum absolute atomic E-state index is 12.2. The van der Waals surface area contributed by atoms with Crippen molar-refractivity contribution >= 4 is 13.6 Å². The van der Waals surface area contributed by atoms with Gasteiger partial charge in [0.1, 0.15) is 24.1 Å². The maximum Gasteiger partial charge on any atom is 0.469 e. The van der Waals surface area contributed by atoms with Crippen molar-refractivity contribution in [3.05, 3.63) is 22.2 Å². The van der Waals surface area contributed by atoms with Gasteiger partial charge >= 0.3 is 13.5 Å². The number of ether oxygens (including phenoxy) is 1. The highest BCUT2D eigenvalue weighted by Crippen LogP contribution is 2.38. The van der Waals surface area contributed by atoms with E-state index in [9.17, 15) is 19.6 Å². The molecule has 1 saturated heterocycles. The van der Waals surface area contributed by atoms with Gasteiger partial charge in [0.05, 0.1) is 6.61 Å². The third-order valence-corrected chi connectivity index (χ3v) is 4.86. The Labute approximate surface area is 156 Å². The van der Waals surface area contributed by atoms with Crippen LogP contribution in [0.3, 0.4) is 0 Å². The molecule has 11 nitrogen and oxygen atoms in total. The Morgan fingerprint density at radius 1 is 1.30 bits per heavy atom. The third kappa shape index (κ3) is 5.82. The molecule has 0 amide bonds. The molecule has 0 aliphatic carbocycles. The topological polar surface area (TPSA) is 177 Å². The van der Waals surface area contributed by atoms with Gasteiger partial charge in [-0.2, -0.15) is 4.98 Å². The van der Waals surface area contributed by atoms with Crippen LogP contribution >= 0.6 is 7.82 Å². The molecular formula is C15H26N3O8P. The molecule has 2 heterocycles. The number of unbranched alkanes of at least 4 members (excludes halogenated alkanes) is 3. The summed E-state index contributed by atoms with van der Waals surface area (Å²) >= 11 is 0. The van der Waals surface area contributed by atoms with Crippen molar-refractivity contribution in [2.24, 2.45) is 0 Å². The highest BCUT2D eigenvalue weighted by Gasteiger charge is 2.45. The molecular weight excluding hydrogens is 381 g/mol.